The van der Waals surface area contributed by atoms with Crippen molar-refractivity contribution in [1.82, 2.24) is 0 Å². The average Bonchev–Trinajstić information content (AvgIpc) is 3.82. The molecule has 1 heterocycles. The first-order chi connectivity index (χ1) is 26.7. The lowest BCUT2D eigenvalue weighted by molar-refractivity contribution is -0.0399. The Labute approximate surface area is 317 Å². The van der Waals surface area contributed by atoms with Gasteiger partial charge in [-0.3, -0.25) is 0 Å². The number of hydrogen-bond acceptors (Lipinski definition) is 2. The Bertz CT molecular complexity index is 2660. The van der Waals surface area contributed by atoms with E-state index in [4.69, 9.17) is 4.42 Å². The molecule has 14 rings (SSSR count). The molecule has 0 saturated heterocycles. The first-order valence-corrected chi connectivity index (χ1v) is 20.9. The van der Waals surface area contributed by atoms with Crippen LogP contribution in [0.25, 0.3) is 44.2 Å². The molecular weight excluding hydrogens is 655 g/mol. The average molecular weight is 700 g/mol. The summed E-state index contributed by atoms with van der Waals surface area (Å²) < 4.78 is 6.55. The van der Waals surface area contributed by atoms with Crippen molar-refractivity contribution in [3.63, 3.8) is 0 Å². The van der Waals surface area contributed by atoms with E-state index in [9.17, 15) is 0 Å². The smallest absolute Gasteiger partial charge is 0.137 e. The van der Waals surface area contributed by atoms with Gasteiger partial charge in [0.2, 0.25) is 0 Å². The van der Waals surface area contributed by atoms with Gasteiger partial charge in [-0.15, -0.1) is 0 Å². The molecule has 2 spiro atoms. The van der Waals surface area contributed by atoms with Crippen molar-refractivity contribution in [2.75, 3.05) is 4.90 Å². The molecule has 0 unspecified atom stereocenters. The summed E-state index contributed by atoms with van der Waals surface area (Å²) in [4.78, 5) is 2.55. The number of hydrogen-bond donors (Lipinski definition) is 0. The summed E-state index contributed by atoms with van der Waals surface area (Å²) in [5.41, 5.74) is 17.9. The third-order valence-electron chi connectivity index (χ3n) is 15.6. The molecule has 0 aliphatic heterocycles. The second-order valence-electron chi connectivity index (χ2n) is 18.0. The van der Waals surface area contributed by atoms with Gasteiger partial charge in [0.1, 0.15) is 11.2 Å². The van der Waals surface area contributed by atoms with Gasteiger partial charge in [0.25, 0.3) is 0 Å². The number of anilines is 3. The third-order valence-corrected chi connectivity index (χ3v) is 15.6. The highest BCUT2D eigenvalue weighted by Crippen LogP contribution is 2.69. The zero-order valence-corrected chi connectivity index (χ0v) is 30.9. The molecule has 0 amide bonds. The number of nitrogens with zero attached hydrogens (tertiary/aromatic N) is 1. The van der Waals surface area contributed by atoms with Crippen molar-refractivity contribution in [1.29, 1.82) is 0 Å². The van der Waals surface area contributed by atoms with Crippen molar-refractivity contribution in [2.24, 2.45) is 23.7 Å². The maximum atomic E-state index is 6.55. The molecule has 5 fully saturated rings. The summed E-state index contributed by atoms with van der Waals surface area (Å²) in [6.45, 7) is 0. The molecule has 2 nitrogen and oxygen atoms in total. The molecule has 5 saturated carbocycles. The third kappa shape index (κ3) is 3.82. The molecular formula is C52H45NO. The Morgan fingerprint density at radius 1 is 0.444 bits per heavy atom. The quantitative estimate of drug-likeness (QED) is 0.183. The number of rotatable bonds is 3. The highest BCUT2D eigenvalue weighted by atomic mass is 16.3. The van der Waals surface area contributed by atoms with Crippen LogP contribution >= 0.6 is 0 Å². The van der Waals surface area contributed by atoms with Crippen LogP contribution in [-0.2, 0) is 10.8 Å². The molecule has 54 heavy (non-hydrogen) atoms. The fourth-order valence-corrected chi connectivity index (χ4v) is 13.9. The van der Waals surface area contributed by atoms with Crippen molar-refractivity contribution in [3.05, 3.63) is 150 Å². The lowest BCUT2D eigenvalue weighted by atomic mass is 9.43. The van der Waals surface area contributed by atoms with Crippen LogP contribution in [0.1, 0.15) is 86.5 Å². The van der Waals surface area contributed by atoms with E-state index in [0.29, 0.717) is 0 Å². The van der Waals surface area contributed by atoms with E-state index in [1.54, 1.807) is 16.7 Å². The van der Waals surface area contributed by atoms with Crippen LogP contribution in [0.4, 0.5) is 17.1 Å². The summed E-state index contributed by atoms with van der Waals surface area (Å²) in [6, 6.07) is 49.2. The zero-order chi connectivity index (χ0) is 35.2. The standard InChI is InChI=1S/C52H45NO/c1-8-22-51(23-9-1)45-13-5-2-11-40(45)44-29-36(18-21-46(44)51)53(38-17-20-43-42-12-4-7-15-49(42)54-50(43)31-38)37-16-19-41-39-10-3-6-14-47(39)52(48(41)30-37)34-25-32-24-33(27-34)28-35(52)26-32/h2-7,10-21,29-35H,1,8-9,22-28H2. The van der Waals surface area contributed by atoms with Crippen LogP contribution in [0.2, 0.25) is 0 Å². The van der Waals surface area contributed by atoms with Gasteiger partial charge < -0.3 is 9.32 Å². The second-order valence-corrected chi connectivity index (χ2v) is 18.0. The van der Waals surface area contributed by atoms with Gasteiger partial charge in [-0.05, 0) is 156 Å². The maximum absolute atomic E-state index is 6.55. The van der Waals surface area contributed by atoms with Crippen LogP contribution in [-0.4, -0.2) is 0 Å². The van der Waals surface area contributed by atoms with Gasteiger partial charge in [-0.2, -0.15) is 0 Å². The van der Waals surface area contributed by atoms with E-state index < -0.39 is 0 Å². The Kier molecular flexibility index (Phi) is 6.04. The van der Waals surface area contributed by atoms with Crippen LogP contribution in [0, 0.1) is 23.7 Å². The number of fused-ring (bicyclic) bond motifs is 11. The normalized spacial score (nSPS) is 26.4. The summed E-state index contributed by atoms with van der Waals surface area (Å²) in [7, 11) is 0. The summed E-state index contributed by atoms with van der Waals surface area (Å²) in [6.07, 6.45) is 13.5. The minimum Gasteiger partial charge on any atom is -0.456 e. The molecule has 7 aromatic rings. The Morgan fingerprint density at radius 2 is 1.04 bits per heavy atom. The summed E-state index contributed by atoms with van der Waals surface area (Å²) >= 11 is 0. The van der Waals surface area contributed by atoms with Crippen molar-refractivity contribution in [2.45, 2.75) is 75.0 Å². The number of para-hydroxylation sites is 1. The van der Waals surface area contributed by atoms with Gasteiger partial charge in [0.15, 0.2) is 0 Å². The predicted octanol–water partition coefficient (Wildman–Crippen LogP) is 14.0. The molecule has 0 atom stereocenters. The summed E-state index contributed by atoms with van der Waals surface area (Å²) in [5, 5.41) is 2.35. The molecule has 264 valence electrons. The molecule has 0 radical (unpaired) electrons. The minimum absolute atomic E-state index is 0.119. The topological polar surface area (TPSA) is 16.4 Å². The lowest BCUT2D eigenvalue weighted by Crippen LogP contribution is -2.55. The predicted molar refractivity (Wildman–Crippen MR) is 221 cm³/mol. The molecule has 0 N–H and O–H groups in total. The van der Waals surface area contributed by atoms with Crippen LogP contribution < -0.4 is 4.90 Å². The maximum Gasteiger partial charge on any atom is 0.137 e. The van der Waals surface area contributed by atoms with Crippen molar-refractivity contribution < 1.29 is 4.42 Å². The van der Waals surface area contributed by atoms with Gasteiger partial charge >= 0.3 is 0 Å². The molecule has 1 aromatic heterocycles. The SMILES string of the molecule is c1ccc2c(c1)-c1cc(N(c3ccc4c(c3)C3(c5ccccc5-4)C4CC5CC(C4)CC3C5)c3ccc4c(c3)oc3ccccc34)ccc1C21CCCCC1. The monoisotopic (exact) mass is 699 g/mol. The van der Waals surface area contributed by atoms with Gasteiger partial charge in [-0.25, -0.2) is 0 Å². The van der Waals surface area contributed by atoms with Crippen molar-refractivity contribution in [3.8, 4) is 22.3 Å². The van der Waals surface area contributed by atoms with Crippen LogP contribution in [0.3, 0.4) is 0 Å². The number of benzene rings is 6. The van der Waals surface area contributed by atoms with Gasteiger partial charge in [-0.1, -0.05) is 98.1 Å². The Balaban J connectivity index is 1.04. The first-order valence-electron chi connectivity index (χ1n) is 20.9. The van der Waals surface area contributed by atoms with E-state index in [2.05, 4.69) is 132 Å². The fraction of sp³-hybridized carbons (Fsp3) is 0.308. The molecule has 6 aromatic carbocycles. The van der Waals surface area contributed by atoms with E-state index >= 15 is 0 Å². The van der Waals surface area contributed by atoms with Gasteiger partial charge in [0, 0.05) is 44.7 Å². The van der Waals surface area contributed by atoms with Crippen LogP contribution in [0.5, 0.6) is 0 Å². The molecule has 2 heteroatoms. The van der Waals surface area contributed by atoms with E-state index in [1.807, 2.05) is 0 Å². The van der Waals surface area contributed by atoms with Crippen LogP contribution in [0.15, 0.2) is 132 Å². The highest BCUT2D eigenvalue weighted by Gasteiger charge is 2.61. The van der Waals surface area contributed by atoms with Crippen molar-refractivity contribution >= 4 is 39.0 Å². The molecule has 7 aliphatic carbocycles. The molecule has 7 aliphatic rings. The van der Waals surface area contributed by atoms with E-state index in [0.717, 1.165) is 40.5 Å². The number of furan rings is 1. The Morgan fingerprint density at radius 3 is 1.85 bits per heavy atom. The lowest BCUT2D eigenvalue weighted by Gasteiger charge is -2.61. The zero-order valence-electron chi connectivity index (χ0n) is 30.9. The molecule has 4 bridgehead atoms. The summed E-state index contributed by atoms with van der Waals surface area (Å²) in [5.74, 6) is 3.31. The minimum atomic E-state index is 0.119. The van der Waals surface area contributed by atoms with Gasteiger partial charge in [0.05, 0.1) is 0 Å². The second kappa shape index (κ2) is 10.8. The Hall–Kier alpha value is -5.08. The van der Waals surface area contributed by atoms with E-state index in [1.165, 1.54) is 114 Å². The highest BCUT2D eigenvalue weighted by molar-refractivity contribution is 6.06. The largest absolute Gasteiger partial charge is 0.456 e. The van der Waals surface area contributed by atoms with E-state index in [-0.39, 0.29) is 10.8 Å². The first kappa shape index (κ1) is 30.3. The fourth-order valence-electron chi connectivity index (χ4n) is 13.9.